The number of sulfonamides is 1. The minimum absolute atomic E-state index is 0.131. The number of hydrogen-bond donors (Lipinski definition) is 1. The summed E-state index contributed by atoms with van der Waals surface area (Å²) in [7, 11) is 0.414. The molecule has 3 aromatic carbocycles. The molecule has 0 spiro atoms. The lowest BCUT2D eigenvalue weighted by molar-refractivity contribution is -0.117. The topological polar surface area (TPSA) is 102 Å². The fourth-order valence-electron chi connectivity index (χ4n) is 3.40. The summed E-state index contributed by atoms with van der Waals surface area (Å²) in [5.41, 5.74) is 1.46. The Bertz CT molecular complexity index is 1230. The second-order valence-electron chi connectivity index (χ2n) is 7.44. The van der Waals surface area contributed by atoms with Crippen molar-refractivity contribution in [3.8, 4) is 5.75 Å². The molecule has 0 aliphatic rings. The Kier molecular flexibility index (Phi) is 8.04. The van der Waals surface area contributed by atoms with E-state index in [1.165, 1.54) is 49.8 Å². The number of carbonyl (C=O) groups is 2. The number of benzene rings is 3. The number of nitrogens with one attached hydrogen (secondary N) is 1. The predicted molar refractivity (Wildman–Crippen MR) is 128 cm³/mol. The van der Waals surface area contributed by atoms with Crippen LogP contribution in [0.4, 0.5) is 5.69 Å². The van der Waals surface area contributed by atoms with E-state index < -0.39 is 22.0 Å². The van der Waals surface area contributed by atoms with Crippen molar-refractivity contribution in [2.75, 3.05) is 26.6 Å². The number of amides is 1. The molecule has 0 aliphatic heterocycles. The Morgan fingerprint density at radius 2 is 1.53 bits per heavy atom. The normalized spacial score (nSPS) is 12.1. The van der Waals surface area contributed by atoms with Crippen molar-refractivity contribution >= 4 is 27.6 Å². The summed E-state index contributed by atoms with van der Waals surface area (Å²) in [5.74, 6) is -0.252. The van der Waals surface area contributed by atoms with Crippen LogP contribution >= 0.6 is 0 Å². The molecule has 0 radical (unpaired) electrons. The van der Waals surface area contributed by atoms with Crippen molar-refractivity contribution in [1.29, 1.82) is 0 Å². The van der Waals surface area contributed by atoms with Crippen LogP contribution in [0.15, 0.2) is 83.8 Å². The smallest absolute Gasteiger partial charge is 0.337 e. The highest BCUT2D eigenvalue weighted by Gasteiger charge is 2.31. The molecule has 0 unspecified atom stereocenters. The lowest BCUT2D eigenvalue weighted by atomic mass is 10.0. The van der Waals surface area contributed by atoms with Gasteiger partial charge in [-0.05, 0) is 54.1 Å². The highest BCUT2D eigenvalue weighted by Crippen LogP contribution is 2.30. The number of nitrogens with zero attached hydrogens (tertiary/aromatic N) is 1. The maximum absolute atomic E-state index is 13.3. The third-order valence-corrected chi connectivity index (χ3v) is 7.21. The Balaban J connectivity index is 1.86. The van der Waals surface area contributed by atoms with Gasteiger partial charge in [-0.3, -0.25) is 4.79 Å². The molecule has 0 saturated carbocycles. The molecular weight excluding hydrogens is 456 g/mol. The minimum atomic E-state index is -3.87. The number of ether oxygens (including phenoxy) is 2. The Labute approximate surface area is 199 Å². The Hall–Kier alpha value is -3.69. The summed E-state index contributed by atoms with van der Waals surface area (Å²) in [5, 5.41) is 2.76. The number of methoxy groups -OCH3 is 2. The molecule has 0 heterocycles. The van der Waals surface area contributed by atoms with Gasteiger partial charge in [0.05, 0.1) is 30.7 Å². The van der Waals surface area contributed by atoms with E-state index in [-0.39, 0.29) is 17.2 Å². The van der Waals surface area contributed by atoms with Crippen LogP contribution in [0, 0.1) is 0 Å². The number of rotatable bonds is 9. The average molecular weight is 483 g/mol. The zero-order valence-electron chi connectivity index (χ0n) is 19.1. The number of anilines is 1. The summed E-state index contributed by atoms with van der Waals surface area (Å²) in [6.07, 6.45) is -0.131. The highest BCUT2D eigenvalue weighted by atomic mass is 32.2. The van der Waals surface area contributed by atoms with Crippen LogP contribution in [0.2, 0.25) is 0 Å². The average Bonchev–Trinajstić information content (AvgIpc) is 2.87. The quantitative estimate of drug-likeness (QED) is 0.465. The molecule has 0 bridgehead atoms. The monoisotopic (exact) mass is 482 g/mol. The van der Waals surface area contributed by atoms with Gasteiger partial charge in [-0.2, -0.15) is 4.31 Å². The second kappa shape index (κ2) is 11.0. The third kappa shape index (κ3) is 5.81. The lowest BCUT2D eigenvalue weighted by Crippen LogP contribution is -2.33. The number of hydrogen-bond acceptors (Lipinski definition) is 6. The summed E-state index contributed by atoms with van der Waals surface area (Å²) in [4.78, 5) is 24.6. The molecule has 0 aromatic heterocycles. The summed E-state index contributed by atoms with van der Waals surface area (Å²) in [6.45, 7) is 0. The van der Waals surface area contributed by atoms with Crippen LogP contribution in [0.1, 0.15) is 28.4 Å². The van der Waals surface area contributed by atoms with Crippen molar-refractivity contribution < 1.29 is 27.5 Å². The zero-order valence-corrected chi connectivity index (χ0v) is 19.9. The van der Waals surface area contributed by atoms with E-state index in [0.29, 0.717) is 22.6 Å². The van der Waals surface area contributed by atoms with Gasteiger partial charge in [0, 0.05) is 19.2 Å². The first-order chi connectivity index (χ1) is 16.3. The highest BCUT2D eigenvalue weighted by molar-refractivity contribution is 7.89. The van der Waals surface area contributed by atoms with Crippen LogP contribution in [0.5, 0.6) is 5.75 Å². The van der Waals surface area contributed by atoms with Gasteiger partial charge in [-0.1, -0.05) is 30.3 Å². The lowest BCUT2D eigenvalue weighted by Gasteiger charge is -2.28. The summed E-state index contributed by atoms with van der Waals surface area (Å²) < 4.78 is 37.6. The van der Waals surface area contributed by atoms with E-state index in [1.807, 2.05) is 0 Å². The molecule has 178 valence electrons. The molecule has 1 amide bonds. The molecule has 8 nitrogen and oxygen atoms in total. The fraction of sp³-hybridized carbons (Fsp3) is 0.200. The van der Waals surface area contributed by atoms with E-state index in [4.69, 9.17) is 4.74 Å². The maximum atomic E-state index is 13.3. The van der Waals surface area contributed by atoms with E-state index in [9.17, 15) is 18.0 Å². The first-order valence-electron chi connectivity index (χ1n) is 10.4. The zero-order chi connectivity index (χ0) is 24.7. The van der Waals surface area contributed by atoms with Crippen molar-refractivity contribution in [3.63, 3.8) is 0 Å². The number of carbonyl (C=O) groups excluding carboxylic acids is 2. The van der Waals surface area contributed by atoms with Gasteiger partial charge in [-0.15, -0.1) is 0 Å². The van der Waals surface area contributed by atoms with E-state index in [2.05, 4.69) is 10.1 Å². The van der Waals surface area contributed by atoms with Gasteiger partial charge in [-0.25, -0.2) is 13.2 Å². The minimum Gasteiger partial charge on any atom is -0.497 e. The van der Waals surface area contributed by atoms with E-state index >= 15 is 0 Å². The molecule has 1 atom stereocenters. The predicted octanol–water partition coefficient (Wildman–Crippen LogP) is 3.87. The molecule has 3 rings (SSSR count). The van der Waals surface area contributed by atoms with Gasteiger partial charge in [0.2, 0.25) is 15.9 Å². The van der Waals surface area contributed by atoms with Gasteiger partial charge >= 0.3 is 5.97 Å². The van der Waals surface area contributed by atoms with Crippen LogP contribution in [0.3, 0.4) is 0 Å². The number of esters is 1. The molecule has 0 aliphatic carbocycles. The Morgan fingerprint density at radius 1 is 0.912 bits per heavy atom. The summed E-state index contributed by atoms with van der Waals surface area (Å²) >= 11 is 0. The SMILES string of the molecule is COC(=O)c1ccc(NC(=O)C[C@@H](c2ccc(OC)cc2)N(C)S(=O)(=O)c2ccccc2)cc1. The summed E-state index contributed by atoms with van der Waals surface area (Å²) in [6, 6.07) is 20.4. The standard InChI is InChI=1S/C25H26N2O6S/c1-27(34(30,31)22-7-5-4-6-8-22)23(18-11-15-21(32-2)16-12-18)17-24(28)26-20-13-9-19(10-14-20)25(29)33-3/h4-16,23H,17H2,1-3H3,(H,26,28)/t23-/m0/s1. The van der Waals surface area contributed by atoms with Gasteiger partial charge in [0.1, 0.15) is 5.75 Å². The van der Waals surface area contributed by atoms with E-state index in [1.54, 1.807) is 54.6 Å². The third-order valence-electron chi connectivity index (χ3n) is 5.33. The maximum Gasteiger partial charge on any atom is 0.337 e. The fourth-order valence-corrected chi connectivity index (χ4v) is 4.77. The van der Waals surface area contributed by atoms with Crippen molar-refractivity contribution in [2.24, 2.45) is 0 Å². The van der Waals surface area contributed by atoms with Crippen LogP contribution in [-0.2, 0) is 19.6 Å². The molecule has 3 aromatic rings. The largest absolute Gasteiger partial charge is 0.497 e. The van der Waals surface area contributed by atoms with Gasteiger partial charge in [0.25, 0.3) is 0 Å². The second-order valence-corrected chi connectivity index (χ2v) is 9.44. The van der Waals surface area contributed by atoms with Crippen molar-refractivity contribution in [1.82, 2.24) is 4.31 Å². The van der Waals surface area contributed by atoms with Crippen LogP contribution < -0.4 is 10.1 Å². The van der Waals surface area contributed by atoms with Gasteiger partial charge in [0.15, 0.2) is 0 Å². The van der Waals surface area contributed by atoms with Crippen molar-refractivity contribution in [3.05, 3.63) is 90.0 Å². The molecule has 1 N–H and O–H groups in total. The first kappa shape index (κ1) is 24.9. The van der Waals surface area contributed by atoms with Crippen LogP contribution in [0.25, 0.3) is 0 Å². The molecule has 9 heteroatoms. The first-order valence-corrected chi connectivity index (χ1v) is 11.9. The molecule has 34 heavy (non-hydrogen) atoms. The van der Waals surface area contributed by atoms with Gasteiger partial charge < -0.3 is 14.8 Å². The van der Waals surface area contributed by atoms with Crippen LogP contribution in [-0.4, -0.2) is 45.9 Å². The van der Waals surface area contributed by atoms with Crippen molar-refractivity contribution in [2.45, 2.75) is 17.4 Å². The molecule has 0 saturated heterocycles. The van der Waals surface area contributed by atoms with E-state index in [0.717, 1.165) is 0 Å². The molecule has 0 fully saturated rings. The molecular formula is C25H26N2O6S. The Morgan fingerprint density at radius 3 is 2.09 bits per heavy atom.